The van der Waals surface area contributed by atoms with E-state index in [4.69, 9.17) is 4.84 Å². The van der Waals surface area contributed by atoms with Crippen molar-refractivity contribution in [2.45, 2.75) is 6.92 Å². The van der Waals surface area contributed by atoms with Crippen LogP contribution in [0, 0.1) is 0 Å². The standard InChI is InChI=1S/C5H12NO4/c1-4-10-6(5-7,8-2)9-3/h5H,4H2,1-3H3/q+1. The van der Waals surface area contributed by atoms with E-state index < -0.39 is 4.97 Å². The number of quaternary nitrogens is 1. The van der Waals surface area contributed by atoms with E-state index >= 15 is 0 Å². The van der Waals surface area contributed by atoms with Crippen LogP contribution in [0.25, 0.3) is 0 Å². The maximum atomic E-state index is 10.3. The van der Waals surface area contributed by atoms with Crippen LogP contribution in [0.2, 0.25) is 0 Å². The summed E-state index contributed by atoms with van der Waals surface area (Å²) in [5, 5.41) is 0. The first-order chi connectivity index (χ1) is 4.74. The Morgan fingerprint density at radius 3 is 2.00 bits per heavy atom. The van der Waals surface area contributed by atoms with Crippen LogP contribution in [0.1, 0.15) is 6.92 Å². The molecule has 10 heavy (non-hydrogen) atoms. The zero-order valence-corrected chi connectivity index (χ0v) is 6.36. The second kappa shape index (κ2) is 4.35. The Bertz CT molecular complexity index is 102. The predicted molar refractivity (Wildman–Crippen MR) is 32.0 cm³/mol. The van der Waals surface area contributed by atoms with E-state index in [2.05, 4.69) is 9.68 Å². The van der Waals surface area contributed by atoms with Crippen LogP contribution in [-0.4, -0.2) is 32.2 Å². The molecule has 0 atom stereocenters. The van der Waals surface area contributed by atoms with Crippen LogP contribution < -0.4 is 0 Å². The summed E-state index contributed by atoms with van der Waals surface area (Å²) in [4.78, 5) is 23.4. The lowest BCUT2D eigenvalue weighted by molar-refractivity contribution is -1.31. The van der Waals surface area contributed by atoms with E-state index in [9.17, 15) is 4.79 Å². The molecule has 0 radical (unpaired) electrons. The second-order valence-electron chi connectivity index (χ2n) is 1.43. The fourth-order valence-electron chi connectivity index (χ4n) is 0.476. The van der Waals surface area contributed by atoms with E-state index in [0.717, 1.165) is 0 Å². The van der Waals surface area contributed by atoms with Gasteiger partial charge in [0.15, 0.2) is 4.97 Å². The molecule has 0 fully saturated rings. The van der Waals surface area contributed by atoms with Crippen molar-refractivity contribution in [1.82, 2.24) is 0 Å². The van der Waals surface area contributed by atoms with Crippen LogP contribution in [0.15, 0.2) is 0 Å². The van der Waals surface area contributed by atoms with Gasteiger partial charge in [-0.25, -0.2) is 4.79 Å². The average Bonchev–Trinajstić information content (AvgIpc) is 2.01. The van der Waals surface area contributed by atoms with E-state index in [1.165, 1.54) is 14.2 Å². The first kappa shape index (κ1) is 9.51. The number of carbonyl (C=O) groups is 1. The van der Waals surface area contributed by atoms with E-state index in [1.54, 1.807) is 6.92 Å². The minimum absolute atomic E-state index is 0.334. The van der Waals surface area contributed by atoms with Gasteiger partial charge >= 0.3 is 6.41 Å². The van der Waals surface area contributed by atoms with Crippen LogP contribution in [0.3, 0.4) is 0 Å². The van der Waals surface area contributed by atoms with Crippen molar-refractivity contribution in [3.63, 3.8) is 0 Å². The molecule has 5 heteroatoms. The van der Waals surface area contributed by atoms with Gasteiger partial charge in [-0.1, -0.05) is 0 Å². The third kappa shape index (κ3) is 2.03. The van der Waals surface area contributed by atoms with Crippen molar-refractivity contribution in [2.75, 3.05) is 20.8 Å². The molecule has 5 nitrogen and oxygen atoms in total. The highest BCUT2D eigenvalue weighted by Gasteiger charge is 2.30. The maximum Gasteiger partial charge on any atom is 0.402 e. The van der Waals surface area contributed by atoms with Crippen molar-refractivity contribution >= 4 is 6.41 Å². The molecule has 0 aromatic heterocycles. The Hall–Kier alpha value is -0.490. The minimum Gasteiger partial charge on any atom is -0.223 e. The third-order valence-electron chi connectivity index (χ3n) is 0.947. The fourth-order valence-corrected chi connectivity index (χ4v) is 0.476. The quantitative estimate of drug-likeness (QED) is 0.315. The molecule has 0 bridgehead atoms. The number of hydrogen-bond donors (Lipinski definition) is 0. The average molecular weight is 150 g/mol. The molecule has 0 aliphatic rings. The summed E-state index contributed by atoms with van der Waals surface area (Å²) in [7, 11) is 2.63. The van der Waals surface area contributed by atoms with Gasteiger partial charge < -0.3 is 0 Å². The van der Waals surface area contributed by atoms with Gasteiger partial charge in [-0.2, -0.15) is 0 Å². The Kier molecular flexibility index (Phi) is 4.13. The lowest BCUT2D eigenvalue weighted by Crippen LogP contribution is -2.44. The van der Waals surface area contributed by atoms with Crippen molar-refractivity contribution in [3.05, 3.63) is 0 Å². The number of rotatable bonds is 5. The van der Waals surface area contributed by atoms with Crippen LogP contribution >= 0.6 is 0 Å². The van der Waals surface area contributed by atoms with E-state index in [0.29, 0.717) is 13.0 Å². The van der Waals surface area contributed by atoms with Gasteiger partial charge in [0.1, 0.15) is 20.8 Å². The number of hydrogen-bond acceptors (Lipinski definition) is 4. The van der Waals surface area contributed by atoms with Gasteiger partial charge in [0.25, 0.3) is 0 Å². The first-order valence-corrected chi connectivity index (χ1v) is 2.85. The zero-order chi connectivity index (χ0) is 8.04. The lowest BCUT2D eigenvalue weighted by Gasteiger charge is -2.18. The Balaban J connectivity index is 4.00. The lowest BCUT2D eigenvalue weighted by atomic mass is 10.9. The van der Waals surface area contributed by atoms with Gasteiger partial charge in [0, 0.05) is 0 Å². The number of carbonyl (C=O) groups excluding carboxylic acids is 1. The Morgan fingerprint density at radius 2 is 1.90 bits per heavy atom. The van der Waals surface area contributed by atoms with Crippen LogP contribution in [0.4, 0.5) is 0 Å². The SMILES string of the molecule is CCO[N+](C=O)(OC)OC. The number of hydroxylamine groups is 3. The van der Waals surface area contributed by atoms with Gasteiger partial charge in [-0.05, 0) is 6.92 Å². The van der Waals surface area contributed by atoms with Gasteiger partial charge in [0.05, 0.1) is 0 Å². The molecule has 1 amide bonds. The van der Waals surface area contributed by atoms with Crippen molar-refractivity contribution < 1.29 is 24.3 Å². The molecule has 60 valence electrons. The van der Waals surface area contributed by atoms with Gasteiger partial charge in [-0.3, -0.25) is 0 Å². The molecule has 0 spiro atoms. The smallest absolute Gasteiger partial charge is 0.223 e. The number of amides is 1. The molecule has 0 rings (SSSR count). The Labute approximate surface area is 59.5 Å². The highest BCUT2D eigenvalue weighted by molar-refractivity contribution is 5.33. The molecule has 0 aliphatic heterocycles. The minimum atomic E-state index is -0.878. The monoisotopic (exact) mass is 150 g/mol. The van der Waals surface area contributed by atoms with E-state index in [-0.39, 0.29) is 0 Å². The third-order valence-corrected chi connectivity index (χ3v) is 0.947. The van der Waals surface area contributed by atoms with Crippen molar-refractivity contribution in [1.29, 1.82) is 0 Å². The molecule has 0 saturated heterocycles. The topological polar surface area (TPSA) is 44.8 Å². The largest absolute Gasteiger partial charge is 0.402 e. The van der Waals surface area contributed by atoms with Crippen LogP contribution in [0.5, 0.6) is 0 Å². The van der Waals surface area contributed by atoms with Crippen molar-refractivity contribution in [2.24, 2.45) is 0 Å². The zero-order valence-electron chi connectivity index (χ0n) is 6.36. The molecule has 0 unspecified atom stereocenters. The molecule has 0 aromatic rings. The van der Waals surface area contributed by atoms with Crippen molar-refractivity contribution in [3.8, 4) is 0 Å². The molecule has 0 saturated carbocycles. The molecular weight excluding hydrogens is 138 g/mol. The summed E-state index contributed by atoms with van der Waals surface area (Å²) >= 11 is 0. The highest BCUT2D eigenvalue weighted by Crippen LogP contribution is 2.03. The molecular formula is C5H12NO4+. The fraction of sp³-hybridized carbons (Fsp3) is 0.800. The summed E-state index contributed by atoms with van der Waals surface area (Å²) < 4.78 is 0. The van der Waals surface area contributed by atoms with Crippen LogP contribution in [-0.2, 0) is 19.3 Å². The molecule has 0 aromatic carbocycles. The number of nitrogens with zero attached hydrogens (tertiary/aromatic N) is 1. The predicted octanol–water partition coefficient (Wildman–Crippen LogP) is 0.0339. The summed E-state index contributed by atoms with van der Waals surface area (Å²) in [5.74, 6) is 0. The highest BCUT2D eigenvalue weighted by atomic mass is 17.2. The van der Waals surface area contributed by atoms with Gasteiger partial charge in [-0.15, -0.1) is 14.5 Å². The summed E-state index contributed by atoms with van der Waals surface area (Å²) in [6.45, 7) is 2.06. The molecule has 0 heterocycles. The second-order valence-corrected chi connectivity index (χ2v) is 1.43. The molecule has 0 N–H and O–H groups in total. The molecule has 0 aliphatic carbocycles. The Morgan fingerprint density at radius 1 is 1.40 bits per heavy atom. The normalized spacial score (nSPS) is 11.5. The van der Waals surface area contributed by atoms with Gasteiger partial charge in [0.2, 0.25) is 0 Å². The summed E-state index contributed by atoms with van der Waals surface area (Å²) in [6, 6.07) is 0. The summed E-state index contributed by atoms with van der Waals surface area (Å²) in [5.41, 5.74) is 0. The maximum absolute atomic E-state index is 10.3. The van der Waals surface area contributed by atoms with E-state index in [1.807, 2.05) is 0 Å². The first-order valence-electron chi connectivity index (χ1n) is 2.85. The summed E-state index contributed by atoms with van der Waals surface area (Å²) in [6.07, 6.45) is 0.406.